The molecule has 0 amide bonds. The molecule has 0 heterocycles. The van der Waals surface area contributed by atoms with Crippen LogP contribution in [0.4, 0.5) is 0 Å². The highest BCUT2D eigenvalue weighted by atomic mass is 35.5. The Morgan fingerprint density at radius 1 is 0.727 bits per heavy atom. The zero-order valence-corrected chi connectivity index (χ0v) is 9.94. The van der Waals surface area contributed by atoms with E-state index in [0.29, 0.717) is 0 Å². The smallest absolute Gasteiger partial charge is 0.110 e. The van der Waals surface area contributed by atoms with Gasteiger partial charge in [0.1, 0.15) is 5.38 Å². The Morgan fingerprint density at radius 3 is 1.09 bits per heavy atom. The van der Waals surface area contributed by atoms with Crippen molar-refractivity contribution in [3.05, 3.63) is 5.38 Å². The Hall–Kier alpha value is 2.03. The van der Waals surface area contributed by atoms with Gasteiger partial charge in [-0.1, -0.05) is 69.6 Å². The normalized spacial score (nSPS) is 33.0. The molecule has 1 saturated carbocycles. The fraction of sp³-hybridized carbons (Fsp3) is 0.750. The van der Waals surface area contributed by atoms with Crippen molar-refractivity contribution in [1.29, 1.82) is 0 Å². The van der Waals surface area contributed by atoms with Gasteiger partial charge in [0.05, 0.1) is 0 Å². The standard InChI is InChI=1S/C4Cl7/c5-1-2(6,7)4(10,11)3(1,8)9. The van der Waals surface area contributed by atoms with Crippen LogP contribution in [0.25, 0.3) is 0 Å². The van der Waals surface area contributed by atoms with Gasteiger partial charge in [-0.25, -0.2) is 0 Å². The average Bonchev–Trinajstić information content (AvgIpc) is 1.84. The summed E-state index contributed by atoms with van der Waals surface area (Å²) in [5, 5.41) is -0.0818. The highest BCUT2D eigenvalue weighted by Crippen LogP contribution is 2.73. The highest BCUT2D eigenvalue weighted by molar-refractivity contribution is 6.78. The first kappa shape index (κ1) is 11.1. The molecule has 1 aliphatic carbocycles. The lowest BCUT2D eigenvalue weighted by molar-refractivity contribution is 0.501. The largest absolute Gasteiger partial charge is 0.187 e. The van der Waals surface area contributed by atoms with Crippen LogP contribution in [0.1, 0.15) is 0 Å². The monoisotopic (exact) mass is 293 g/mol. The van der Waals surface area contributed by atoms with E-state index in [4.69, 9.17) is 81.2 Å². The molecule has 1 rings (SSSR count). The molecule has 0 aromatic carbocycles. The quantitative estimate of drug-likeness (QED) is 0.585. The lowest BCUT2D eigenvalue weighted by Crippen LogP contribution is -2.68. The van der Waals surface area contributed by atoms with E-state index < -0.39 is 13.0 Å². The van der Waals surface area contributed by atoms with E-state index in [9.17, 15) is 0 Å². The Balaban J connectivity index is 2.98. The molecule has 7 heteroatoms. The predicted molar refractivity (Wildman–Crippen MR) is 52.4 cm³/mol. The minimum atomic E-state index is -1.68. The molecule has 1 fully saturated rings. The van der Waals surface area contributed by atoms with Crippen LogP contribution in [0, 0.1) is 5.38 Å². The molecule has 1 aliphatic rings. The Bertz CT molecular complexity index is 165. The van der Waals surface area contributed by atoms with Gasteiger partial charge in [-0.05, 0) is 0 Å². The number of alkyl halides is 6. The summed E-state index contributed by atoms with van der Waals surface area (Å²) in [6, 6.07) is 0. The maximum absolute atomic E-state index is 5.61. The van der Waals surface area contributed by atoms with E-state index in [1.165, 1.54) is 0 Å². The van der Waals surface area contributed by atoms with Crippen LogP contribution in [-0.2, 0) is 0 Å². The summed E-state index contributed by atoms with van der Waals surface area (Å²) in [5.74, 6) is 0. The van der Waals surface area contributed by atoms with Crippen LogP contribution in [0.15, 0.2) is 0 Å². The Labute approximate surface area is 99.0 Å². The molecule has 0 nitrogen and oxygen atoms in total. The Kier molecular flexibility index (Phi) is 2.79. The van der Waals surface area contributed by atoms with Crippen LogP contribution >= 0.6 is 81.2 Å². The van der Waals surface area contributed by atoms with Gasteiger partial charge < -0.3 is 0 Å². The summed E-state index contributed by atoms with van der Waals surface area (Å²) in [5.41, 5.74) is 0. The van der Waals surface area contributed by atoms with E-state index in [0.717, 1.165) is 0 Å². The average molecular weight is 296 g/mol. The molecular formula is C4Cl7. The van der Waals surface area contributed by atoms with E-state index in [1.54, 1.807) is 0 Å². The van der Waals surface area contributed by atoms with Crippen molar-refractivity contribution >= 4 is 81.2 Å². The van der Waals surface area contributed by atoms with Crippen LogP contribution < -0.4 is 0 Å². The number of hydrogen-bond acceptors (Lipinski definition) is 0. The second-order valence-electron chi connectivity index (χ2n) is 2.04. The summed E-state index contributed by atoms with van der Waals surface area (Å²) in [7, 11) is 0. The maximum atomic E-state index is 5.61. The fourth-order valence-corrected chi connectivity index (χ4v) is 2.98. The van der Waals surface area contributed by atoms with Gasteiger partial charge in [-0.15, -0.1) is 11.6 Å². The number of hydrogen-bond donors (Lipinski definition) is 0. The van der Waals surface area contributed by atoms with E-state index in [2.05, 4.69) is 0 Å². The van der Waals surface area contributed by atoms with Crippen LogP contribution in [0.2, 0.25) is 0 Å². The summed E-state index contributed by atoms with van der Waals surface area (Å²) in [4.78, 5) is 0. The van der Waals surface area contributed by atoms with Gasteiger partial charge in [0, 0.05) is 0 Å². The Morgan fingerprint density at radius 2 is 1.00 bits per heavy atom. The van der Waals surface area contributed by atoms with E-state index in [1.807, 2.05) is 0 Å². The van der Waals surface area contributed by atoms with Gasteiger partial charge in [-0.2, -0.15) is 0 Å². The zero-order chi connectivity index (χ0) is 9.08. The third-order valence-electron chi connectivity index (χ3n) is 1.34. The number of halogens is 7. The molecule has 0 aliphatic heterocycles. The van der Waals surface area contributed by atoms with Crippen molar-refractivity contribution in [3.63, 3.8) is 0 Å². The molecule has 0 aromatic rings. The molecule has 0 atom stereocenters. The van der Waals surface area contributed by atoms with Crippen molar-refractivity contribution in [1.82, 2.24) is 0 Å². The van der Waals surface area contributed by atoms with Crippen LogP contribution in [-0.4, -0.2) is 13.0 Å². The summed E-state index contributed by atoms with van der Waals surface area (Å²) in [6.07, 6.45) is 0. The molecular weight excluding hydrogens is 296 g/mol. The summed E-state index contributed by atoms with van der Waals surface area (Å²) >= 11 is 39.1. The molecule has 0 aromatic heterocycles. The highest BCUT2D eigenvalue weighted by Gasteiger charge is 2.79. The molecule has 0 spiro atoms. The van der Waals surface area contributed by atoms with Crippen molar-refractivity contribution in [2.75, 3.05) is 0 Å². The second kappa shape index (κ2) is 2.76. The minimum absolute atomic E-state index is 0.0818. The lowest BCUT2D eigenvalue weighted by Gasteiger charge is -2.55. The first-order chi connectivity index (χ1) is 4.65. The van der Waals surface area contributed by atoms with Crippen molar-refractivity contribution in [2.45, 2.75) is 13.0 Å². The SMILES string of the molecule is Cl[C]1C(Cl)(Cl)C(Cl)(Cl)C1(Cl)Cl. The van der Waals surface area contributed by atoms with Gasteiger partial charge in [0.15, 0.2) is 13.0 Å². The van der Waals surface area contributed by atoms with Gasteiger partial charge >= 0.3 is 0 Å². The van der Waals surface area contributed by atoms with Crippen molar-refractivity contribution in [2.24, 2.45) is 0 Å². The molecule has 0 bridgehead atoms. The molecule has 1 radical (unpaired) electrons. The minimum Gasteiger partial charge on any atom is -0.110 e. The fourth-order valence-electron chi connectivity index (χ4n) is 0.608. The third kappa shape index (κ3) is 1.18. The van der Waals surface area contributed by atoms with Crippen LogP contribution in [0.3, 0.4) is 0 Å². The molecule has 0 unspecified atom stereocenters. The molecule has 11 heavy (non-hydrogen) atoms. The lowest BCUT2D eigenvalue weighted by atomic mass is 9.94. The first-order valence-electron chi connectivity index (χ1n) is 2.32. The molecule has 0 saturated heterocycles. The van der Waals surface area contributed by atoms with Gasteiger partial charge in [0.25, 0.3) is 0 Å². The topological polar surface area (TPSA) is 0 Å². The molecule has 65 valence electrons. The summed E-state index contributed by atoms with van der Waals surface area (Å²) in [6.45, 7) is 0. The van der Waals surface area contributed by atoms with Crippen LogP contribution in [0.5, 0.6) is 0 Å². The van der Waals surface area contributed by atoms with Crippen molar-refractivity contribution in [3.8, 4) is 0 Å². The third-order valence-corrected chi connectivity index (χ3v) is 6.09. The second-order valence-corrected chi connectivity index (χ2v) is 6.40. The van der Waals surface area contributed by atoms with E-state index in [-0.39, 0.29) is 5.38 Å². The first-order valence-corrected chi connectivity index (χ1v) is 4.97. The maximum Gasteiger partial charge on any atom is 0.187 e. The summed E-state index contributed by atoms with van der Waals surface area (Å²) < 4.78 is -4.87. The van der Waals surface area contributed by atoms with Gasteiger partial charge in [0.2, 0.25) is 0 Å². The number of rotatable bonds is 0. The molecule has 0 N–H and O–H groups in total. The zero-order valence-electron chi connectivity index (χ0n) is 4.65. The van der Waals surface area contributed by atoms with Crippen molar-refractivity contribution < 1.29 is 0 Å². The predicted octanol–water partition coefficient (Wildman–Crippen LogP) is 4.29. The van der Waals surface area contributed by atoms with E-state index >= 15 is 0 Å². The van der Waals surface area contributed by atoms with Gasteiger partial charge in [-0.3, -0.25) is 0 Å².